The van der Waals surface area contributed by atoms with Gasteiger partial charge in [0.05, 0.1) is 4.90 Å². The van der Waals surface area contributed by atoms with Crippen LogP contribution in [0.2, 0.25) is 0 Å². The summed E-state index contributed by atoms with van der Waals surface area (Å²) in [6, 6.07) is 15.6. The van der Waals surface area contributed by atoms with Crippen molar-refractivity contribution in [3.8, 4) is 0 Å². The average molecular weight is 465 g/mol. The molecule has 1 aliphatic carbocycles. The van der Waals surface area contributed by atoms with E-state index in [9.17, 15) is 13.2 Å². The van der Waals surface area contributed by atoms with E-state index in [-0.39, 0.29) is 22.1 Å². The van der Waals surface area contributed by atoms with Gasteiger partial charge in [0.1, 0.15) is 6.04 Å². The van der Waals surface area contributed by atoms with Gasteiger partial charge in [0.2, 0.25) is 15.9 Å². The number of hydrogen-bond acceptors (Lipinski definition) is 3. The Hall–Kier alpha value is -1.70. The lowest BCUT2D eigenvalue weighted by atomic mass is 9.95. The van der Waals surface area contributed by atoms with Crippen LogP contribution in [0.25, 0.3) is 0 Å². The second kappa shape index (κ2) is 8.35. The van der Waals surface area contributed by atoms with Crippen LogP contribution in [0.1, 0.15) is 32.3 Å². The molecule has 7 heteroatoms. The number of carbonyl (C=O) groups is 1. The monoisotopic (exact) mass is 464 g/mol. The Morgan fingerprint density at radius 3 is 2.21 bits per heavy atom. The van der Waals surface area contributed by atoms with Crippen LogP contribution in [0.3, 0.4) is 0 Å². The van der Waals surface area contributed by atoms with E-state index in [4.69, 9.17) is 0 Å². The zero-order valence-electron chi connectivity index (χ0n) is 16.0. The van der Waals surface area contributed by atoms with Gasteiger partial charge in [-0.15, -0.1) is 0 Å². The van der Waals surface area contributed by atoms with Gasteiger partial charge in [0.15, 0.2) is 0 Å². The number of carbonyl (C=O) groups excluding carboxylic acids is 1. The van der Waals surface area contributed by atoms with Gasteiger partial charge in [0, 0.05) is 16.4 Å². The number of halogens is 1. The third-order valence-electron chi connectivity index (χ3n) is 5.20. The van der Waals surface area contributed by atoms with Crippen molar-refractivity contribution < 1.29 is 13.2 Å². The molecule has 0 unspecified atom stereocenters. The smallest absolute Gasteiger partial charge is 0.241 e. The predicted octanol–water partition coefficient (Wildman–Crippen LogP) is 3.60. The molecule has 5 nitrogen and oxygen atoms in total. The molecule has 150 valence electrons. The minimum absolute atomic E-state index is 0.0248. The molecule has 1 aliphatic rings. The molecule has 2 aromatic carbocycles. The molecule has 2 N–H and O–H groups in total. The van der Waals surface area contributed by atoms with Crippen LogP contribution in [-0.2, 0) is 20.2 Å². The summed E-state index contributed by atoms with van der Waals surface area (Å²) >= 11 is 3.29. The largest absolute Gasteiger partial charge is 0.354 e. The molecule has 0 bridgehead atoms. The molecule has 0 spiro atoms. The third kappa shape index (κ3) is 4.82. The minimum atomic E-state index is -3.79. The lowest BCUT2D eigenvalue weighted by molar-refractivity contribution is -0.123. The van der Waals surface area contributed by atoms with Crippen LogP contribution in [-0.4, -0.2) is 26.9 Å². The normalized spacial score (nSPS) is 16.6. The SMILES string of the molecule is CC(C)[C@H](NS(=O)(=O)c1ccc(Br)cc1)C(=O)NCC1(c2ccccc2)CC1. The Bertz CT molecular complexity index is 924. The second-order valence-electron chi connectivity index (χ2n) is 7.66. The summed E-state index contributed by atoms with van der Waals surface area (Å²) in [7, 11) is -3.79. The fraction of sp³-hybridized carbons (Fsp3) is 0.381. The summed E-state index contributed by atoms with van der Waals surface area (Å²) in [5.74, 6) is -0.477. The van der Waals surface area contributed by atoms with Gasteiger partial charge in [-0.3, -0.25) is 4.79 Å². The summed E-state index contributed by atoms with van der Waals surface area (Å²) in [5.41, 5.74) is 1.19. The molecule has 0 saturated heterocycles. The molecule has 1 saturated carbocycles. The maximum absolute atomic E-state index is 12.8. The quantitative estimate of drug-likeness (QED) is 0.626. The molecule has 3 rings (SSSR count). The summed E-state index contributed by atoms with van der Waals surface area (Å²) in [6.07, 6.45) is 2.04. The van der Waals surface area contributed by atoms with Crippen LogP contribution >= 0.6 is 15.9 Å². The number of amides is 1. The first-order chi connectivity index (χ1) is 13.2. The summed E-state index contributed by atoms with van der Waals surface area (Å²) in [6.45, 7) is 4.18. The van der Waals surface area contributed by atoms with E-state index >= 15 is 0 Å². The first kappa shape index (κ1) is 21.0. The number of hydrogen-bond donors (Lipinski definition) is 2. The van der Waals surface area contributed by atoms with Gasteiger partial charge >= 0.3 is 0 Å². The highest BCUT2D eigenvalue weighted by Crippen LogP contribution is 2.47. The first-order valence-corrected chi connectivity index (χ1v) is 11.6. The minimum Gasteiger partial charge on any atom is -0.354 e. The fourth-order valence-corrected chi connectivity index (χ4v) is 4.83. The zero-order valence-corrected chi connectivity index (χ0v) is 18.4. The first-order valence-electron chi connectivity index (χ1n) is 9.35. The van der Waals surface area contributed by atoms with Crippen molar-refractivity contribution in [1.82, 2.24) is 10.0 Å². The van der Waals surface area contributed by atoms with Crippen LogP contribution in [0.4, 0.5) is 0 Å². The molecule has 2 aromatic rings. The molecule has 1 atom stereocenters. The van der Waals surface area contributed by atoms with Crippen LogP contribution in [0, 0.1) is 5.92 Å². The standard InChI is InChI=1S/C21H25BrN2O3S/c1-15(2)19(24-28(26,27)18-10-8-17(22)9-11-18)20(25)23-14-21(12-13-21)16-6-4-3-5-7-16/h3-11,15,19,24H,12-14H2,1-2H3,(H,23,25)/t19-/m0/s1. The molecule has 28 heavy (non-hydrogen) atoms. The van der Waals surface area contributed by atoms with E-state index in [0.717, 1.165) is 17.3 Å². The average Bonchev–Trinajstić information content (AvgIpc) is 3.46. The highest BCUT2D eigenvalue weighted by atomic mass is 79.9. The van der Waals surface area contributed by atoms with Gasteiger partial charge in [-0.2, -0.15) is 4.72 Å². The number of sulfonamides is 1. The molecule has 0 aliphatic heterocycles. The summed E-state index contributed by atoms with van der Waals surface area (Å²) in [4.78, 5) is 12.9. The van der Waals surface area contributed by atoms with E-state index in [1.807, 2.05) is 32.0 Å². The number of nitrogens with one attached hydrogen (secondary N) is 2. The highest BCUT2D eigenvalue weighted by molar-refractivity contribution is 9.10. The van der Waals surface area contributed by atoms with E-state index < -0.39 is 16.1 Å². The van der Waals surface area contributed by atoms with E-state index in [1.165, 1.54) is 17.7 Å². The maximum Gasteiger partial charge on any atom is 0.241 e. The van der Waals surface area contributed by atoms with Crippen molar-refractivity contribution in [2.24, 2.45) is 5.92 Å². The predicted molar refractivity (Wildman–Crippen MR) is 113 cm³/mol. The van der Waals surface area contributed by atoms with Crippen molar-refractivity contribution in [1.29, 1.82) is 0 Å². The second-order valence-corrected chi connectivity index (χ2v) is 10.3. The molecule has 0 heterocycles. The van der Waals surface area contributed by atoms with Crippen molar-refractivity contribution in [3.05, 3.63) is 64.6 Å². The van der Waals surface area contributed by atoms with Crippen LogP contribution in [0.5, 0.6) is 0 Å². The molecule has 1 fully saturated rings. The van der Waals surface area contributed by atoms with Crippen LogP contribution in [0.15, 0.2) is 64.0 Å². The Balaban J connectivity index is 1.68. The van der Waals surface area contributed by atoms with Crippen molar-refractivity contribution >= 4 is 31.9 Å². The molecule has 1 amide bonds. The Morgan fingerprint density at radius 2 is 1.68 bits per heavy atom. The van der Waals surface area contributed by atoms with Gasteiger partial charge in [-0.1, -0.05) is 60.1 Å². The Kier molecular flexibility index (Phi) is 6.27. The highest BCUT2D eigenvalue weighted by Gasteiger charge is 2.44. The zero-order chi connectivity index (χ0) is 20.4. The van der Waals surface area contributed by atoms with Gasteiger partial charge in [-0.05, 0) is 48.6 Å². The summed E-state index contributed by atoms with van der Waals surface area (Å²) < 4.78 is 28.7. The van der Waals surface area contributed by atoms with Crippen molar-refractivity contribution in [2.45, 2.75) is 43.0 Å². The van der Waals surface area contributed by atoms with E-state index in [0.29, 0.717) is 6.54 Å². The van der Waals surface area contributed by atoms with Gasteiger partial charge in [-0.25, -0.2) is 8.42 Å². The third-order valence-corrected chi connectivity index (χ3v) is 7.18. The number of rotatable bonds is 8. The van der Waals surface area contributed by atoms with Crippen molar-refractivity contribution in [3.63, 3.8) is 0 Å². The van der Waals surface area contributed by atoms with E-state index in [2.05, 4.69) is 38.1 Å². The molecular formula is C21H25BrN2O3S. The lowest BCUT2D eigenvalue weighted by Crippen LogP contribution is -2.50. The fourth-order valence-electron chi connectivity index (χ4n) is 3.22. The topological polar surface area (TPSA) is 75.3 Å². The Labute approximate surface area is 175 Å². The van der Waals surface area contributed by atoms with E-state index in [1.54, 1.807) is 12.1 Å². The summed E-state index contributed by atoms with van der Waals surface area (Å²) in [5, 5.41) is 2.98. The molecular weight excluding hydrogens is 440 g/mol. The van der Waals surface area contributed by atoms with Crippen LogP contribution < -0.4 is 10.0 Å². The maximum atomic E-state index is 12.8. The lowest BCUT2D eigenvalue weighted by Gasteiger charge is -2.24. The van der Waals surface area contributed by atoms with Gasteiger partial charge in [0.25, 0.3) is 0 Å². The Morgan fingerprint density at radius 1 is 1.07 bits per heavy atom. The van der Waals surface area contributed by atoms with Crippen molar-refractivity contribution in [2.75, 3.05) is 6.54 Å². The molecule has 0 radical (unpaired) electrons. The number of benzene rings is 2. The molecule has 0 aromatic heterocycles. The van der Waals surface area contributed by atoms with Gasteiger partial charge < -0.3 is 5.32 Å².